The van der Waals surface area contributed by atoms with E-state index in [2.05, 4.69) is 26.1 Å². The van der Waals surface area contributed by atoms with Crippen LogP contribution in [0.5, 0.6) is 0 Å². The highest BCUT2D eigenvalue weighted by atomic mass is 35.5. The van der Waals surface area contributed by atoms with Gasteiger partial charge in [0.1, 0.15) is 6.04 Å². The van der Waals surface area contributed by atoms with E-state index >= 15 is 0 Å². The topological polar surface area (TPSA) is 113 Å². The third kappa shape index (κ3) is 6.16. The molecule has 3 rings (SSSR count). The Bertz CT molecular complexity index is 1200. The fourth-order valence-corrected chi connectivity index (χ4v) is 5.65. The van der Waals surface area contributed by atoms with Crippen molar-refractivity contribution in [2.45, 2.75) is 37.1 Å². The molecule has 1 heterocycles. The van der Waals surface area contributed by atoms with Crippen LogP contribution >= 0.6 is 23.2 Å². The van der Waals surface area contributed by atoms with Gasteiger partial charge in [0.2, 0.25) is 15.9 Å². The Morgan fingerprint density at radius 3 is 2.29 bits per heavy atom. The molecule has 2 aromatic carbocycles. The van der Waals surface area contributed by atoms with Crippen molar-refractivity contribution in [3.63, 3.8) is 0 Å². The molecule has 1 fully saturated rings. The number of sulfonamides is 1. The monoisotopic (exact) mass is 540 g/mol. The summed E-state index contributed by atoms with van der Waals surface area (Å²) in [6.07, 6.45) is 0. The highest BCUT2D eigenvalue weighted by molar-refractivity contribution is 7.89. The zero-order valence-electron chi connectivity index (χ0n) is 19.9. The lowest BCUT2D eigenvalue weighted by Gasteiger charge is -2.40. The van der Waals surface area contributed by atoms with Gasteiger partial charge in [-0.2, -0.15) is 4.31 Å². The molecule has 1 aliphatic rings. The summed E-state index contributed by atoms with van der Waals surface area (Å²) in [7, 11) is -3.98. The number of nitrogens with zero attached hydrogens (tertiary/aromatic N) is 2. The summed E-state index contributed by atoms with van der Waals surface area (Å²) in [5, 5.41) is 3.02. The average molecular weight is 542 g/mol. The normalized spacial score (nSPS) is 17.3. The molecule has 1 aliphatic heterocycles. The van der Waals surface area contributed by atoms with Crippen LogP contribution in [0.1, 0.15) is 36.7 Å². The Balaban J connectivity index is 1.89. The van der Waals surface area contributed by atoms with Crippen molar-refractivity contribution < 1.29 is 18.0 Å². The predicted octanol–water partition coefficient (Wildman–Crippen LogP) is 2.88. The van der Waals surface area contributed by atoms with E-state index in [9.17, 15) is 18.0 Å². The molecule has 2 amide bonds. The second-order valence-corrected chi connectivity index (χ2v) is 12.1. The van der Waals surface area contributed by atoms with Gasteiger partial charge in [-0.25, -0.2) is 8.42 Å². The molecule has 0 spiro atoms. The van der Waals surface area contributed by atoms with Gasteiger partial charge in [-0.3, -0.25) is 9.59 Å². The van der Waals surface area contributed by atoms with Gasteiger partial charge in [0, 0.05) is 38.3 Å². The van der Waals surface area contributed by atoms with E-state index in [0.717, 1.165) is 5.56 Å². The van der Waals surface area contributed by atoms with Gasteiger partial charge in [0.25, 0.3) is 5.91 Å². The number of amides is 2. The van der Waals surface area contributed by atoms with Crippen LogP contribution in [0.4, 0.5) is 0 Å². The molecular weight excluding hydrogens is 511 g/mol. The van der Waals surface area contributed by atoms with E-state index in [1.54, 1.807) is 12.1 Å². The van der Waals surface area contributed by atoms with E-state index in [0.29, 0.717) is 5.56 Å². The number of hydrogen-bond acceptors (Lipinski definition) is 5. The molecule has 0 radical (unpaired) electrons. The van der Waals surface area contributed by atoms with Crippen molar-refractivity contribution in [3.05, 3.63) is 63.6 Å². The first kappa shape index (κ1) is 27.4. The molecule has 1 atom stereocenters. The fourth-order valence-electron chi connectivity index (χ4n) is 3.82. The van der Waals surface area contributed by atoms with Crippen molar-refractivity contribution in [2.75, 3.05) is 32.7 Å². The molecule has 0 bridgehead atoms. The van der Waals surface area contributed by atoms with Gasteiger partial charge in [0.05, 0.1) is 14.9 Å². The van der Waals surface area contributed by atoms with Gasteiger partial charge in [0.15, 0.2) is 0 Å². The lowest BCUT2D eigenvalue weighted by molar-refractivity contribution is -0.126. The summed E-state index contributed by atoms with van der Waals surface area (Å²) >= 11 is 12.0. The van der Waals surface area contributed by atoms with Crippen molar-refractivity contribution >= 4 is 45.0 Å². The van der Waals surface area contributed by atoms with Gasteiger partial charge < -0.3 is 16.0 Å². The van der Waals surface area contributed by atoms with Crippen molar-refractivity contribution in [2.24, 2.45) is 5.73 Å². The Labute approximate surface area is 216 Å². The smallest absolute Gasteiger partial charge is 0.254 e. The van der Waals surface area contributed by atoms with Gasteiger partial charge in [-0.05, 0) is 41.3 Å². The summed E-state index contributed by atoms with van der Waals surface area (Å²) < 4.78 is 27.7. The molecule has 11 heteroatoms. The molecule has 1 unspecified atom stereocenters. The first-order valence-electron chi connectivity index (χ1n) is 11.2. The van der Waals surface area contributed by atoms with Gasteiger partial charge in [-0.15, -0.1) is 0 Å². The molecule has 190 valence electrons. The quantitative estimate of drug-likeness (QED) is 0.584. The van der Waals surface area contributed by atoms with E-state index in [1.807, 2.05) is 12.1 Å². The van der Waals surface area contributed by atoms with Crippen LogP contribution in [-0.4, -0.2) is 68.2 Å². The summed E-state index contributed by atoms with van der Waals surface area (Å²) in [5.41, 5.74) is 6.94. The van der Waals surface area contributed by atoms with Gasteiger partial charge >= 0.3 is 0 Å². The Hall–Kier alpha value is -2.17. The third-order valence-electron chi connectivity index (χ3n) is 5.88. The minimum Gasteiger partial charge on any atom is -0.353 e. The number of halogens is 2. The number of carbonyl (C=O) groups excluding carboxylic acids is 2. The third-order valence-corrected chi connectivity index (χ3v) is 8.48. The largest absolute Gasteiger partial charge is 0.353 e. The van der Waals surface area contributed by atoms with Crippen LogP contribution in [-0.2, 0) is 20.2 Å². The maximum absolute atomic E-state index is 13.4. The molecule has 0 saturated carbocycles. The van der Waals surface area contributed by atoms with Crippen molar-refractivity contribution in [1.82, 2.24) is 14.5 Å². The van der Waals surface area contributed by atoms with Crippen molar-refractivity contribution in [1.29, 1.82) is 0 Å². The second-order valence-electron chi connectivity index (χ2n) is 9.36. The van der Waals surface area contributed by atoms with E-state index in [4.69, 9.17) is 28.9 Å². The number of benzene rings is 2. The minimum absolute atomic E-state index is 0.0229. The number of piperazine rings is 1. The minimum atomic E-state index is -3.98. The summed E-state index contributed by atoms with van der Waals surface area (Å²) in [4.78, 5) is 27.7. The summed E-state index contributed by atoms with van der Waals surface area (Å²) in [5.74, 6) is -0.811. The zero-order chi connectivity index (χ0) is 26.0. The maximum Gasteiger partial charge on any atom is 0.254 e. The molecule has 2 aromatic rings. The Morgan fingerprint density at radius 1 is 1.06 bits per heavy atom. The lowest BCUT2D eigenvalue weighted by atomic mass is 9.86. The molecule has 1 saturated heterocycles. The number of nitrogens with one attached hydrogen (secondary N) is 1. The van der Waals surface area contributed by atoms with E-state index < -0.39 is 22.0 Å². The lowest BCUT2D eigenvalue weighted by Crippen LogP contribution is -2.61. The van der Waals surface area contributed by atoms with E-state index in [1.165, 1.54) is 27.4 Å². The van der Waals surface area contributed by atoms with E-state index in [-0.39, 0.29) is 59.0 Å². The number of carbonyl (C=O) groups is 2. The van der Waals surface area contributed by atoms with Crippen LogP contribution in [0.15, 0.2) is 47.4 Å². The standard InChI is InChI=1S/C24H30Cl2N4O4S/c1-24(2,3)17-6-4-16(5-7-17)23(32)30-13-12-29(15-21(30)22(31)28-11-10-27)35(33,34)18-8-9-19(25)20(26)14-18/h4-9,14,21H,10-13,15,27H2,1-3H3,(H,28,31). The highest BCUT2D eigenvalue weighted by Crippen LogP contribution is 2.28. The zero-order valence-corrected chi connectivity index (χ0v) is 22.3. The second kappa shape index (κ2) is 10.8. The SMILES string of the molecule is CC(C)(C)c1ccc(C(=O)N2CCN(S(=O)(=O)c3ccc(Cl)c(Cl)c3)CC2C(=O)NCCN)cc1. The number of hydrogen-bond donors (Lipinski definition) is 2. The molecule has 0 aromatic heterocycles. The van der Waals surface area contributed by atoms with Gasteiger partial charge in [-0.1, -0.05) is 56.1 Å². The maximum atomic E-state index is 13.4. The molecule has 0 aliphatic carbocycles. The summed E-state index contributed by atoms with van der Waals surface area (Å²) in [6.45, 7) is 6.52. The number of rotatable bonds is 6. The molecular formula is C24H30Cl2N4O4S. The Morgan fingerprint density at radius 2 is 1.71 bits per heavy atom. The molecule has 8 nitrogen and oxygen atoms in total. The van der Waals surface area contributed by atoms with Crippen LogP contribution in [0.3, 0.4) is 0 Å². The molecule has 3 N–H and O–H groups in total. The fraction of sp³-hybridized carbons (Fsp3) is 0.417. The molecule has 35 heavy (non-hydrogen) atoms. The van der Waals surface area contributed by atoms with Crippen LogP contribution in [0, 0.1) is 0 Å². The Kier molecular flexibility index (Phi) is 8.49. The van der Waals surface area contributed by atoms with Crippen molar-refractivity contribution in [3.8, 4) is 0 Å². The predicted molar refractivity (Wildman–Crippen MR) is 137 cm³/mol. The van der Waals surface area contributed by atoms with Crippen LogP contribution < -0.4 is 11.1 Å². The van der Waals surface area contributed by atoms with Crippen LogP contribution in [0.2, 0.25) is 10.0 Å². The average Bonchev–Trinajstić information content (AvgIpc) is 2.82. The summed E-state index contributed by atoms with van der Waals surface area (Å²) in [6, 6.07) is 10.3. The van der Waals surface area contributed by atoms with Crippen LogP contribution in [0.25, 0.3) is 0 Å². The highest BCUT2D eigenvalue weighted by Gasteiger charge is 2.40. The number of nitrogens with two attached hydrogens (primary N) is 1. The first-order chi connectivity index (χ1) is 16.4. The first-order valence-corrected chi connectivity index (χ1v) is 13.4.